The number of aliphatic carboxylic acids is 1. The quantitative estimate of drug-likeness (QED) is 0.347. The van der Waals surface area contributed by atoms with Crippen LogP contribution in [0.25, 0.3) is 0 Å². The minimum absolute atomic E-state index is 0. The van der Waals surface area contributed by atoms with Gasteiger partial charge in [0.1, 0.15) is 0 Å². The average Bonchev–Trinajstić information content (AvgIpc) is 1.89. The van der Waals surface area contributed by atoms with Gasteiger partial charge in [0.05, 0.1) is 0 Å². The summed E-state index contributed by atoms with van der Waals surface area (Å²) in [5, 5.41) is 7.89. The predicted molar refractivity (Wildman–Crippen MR) is 42.7 cm³/mol. The molecule has 0 aliphatic heterocycles. The average molecular weight is 182 g/mol. The minimum Gasteiger partial charge on any atom is -0.478 e. The van der Waals surface area contributed by atoms with Crippen LogP contribution >= 0.6 is 0 Å². The first-order valence-electron chi connectivity index (χ1n) is 3.24. The van der Waals surface area contributed by atoms with Crippen LogP contribution in [0.1, 0.15) is 26.7 Å². The Labute approximate surface area is 111 Å². The summed E-state index contributed by atoms with van der Waals surface area (Å²) in [6.45, 7) is 10.3. The van der Waals surface area contributed by atoms with Crippen LogP contribution in [0.3, 0.4) is 0 Å². The van der Waals surface area contributed by atoms with Crippen LogP contribution < -0.4 is 51.4 Å². The second-order valence-corrected chi connectivity index (χ2v) is 1.94. The summed E-state index contributed by atoms with van der Waals surface area (Å²) in [4.78, 5) is 9.60. The van der Waals surface area contributed by atoms with Crippen LogP contribution in [0.2, 0.25) is 0 Å². The van der Waals surface area contributed by atoms with Gasteiger partial charge in [-0.25, -0.2) is 4.79 Å². The van der Waals surface area contributed by atoms with Crippen molar-refractivity contribution in [2.24, 2.45) is 0 Å². The summed E-state index contributed by atoms with van der Waals surface area (Å²) >= 11 is 0. The monoisotopic (exact) mass is 182 g/mol. The normalized spacial score (nSPS) is 6.82. The Balaban J connectivity index is -0.000000114. The Kier molecular flexibility index (Phi) is 21.8. The number of hydrogen-bond donors (Lipinski definition) is 1. The molecule has 0 fully saturated rings. The van der Waals surface area contributed by atoms with Gasteiger partial charge in [-0.1, -0.05) is 19.9 Å². The molecule has 0 aliphatic carbocycles. The van der Waals surface area contributed by atoms with E-state index in [9.17, 15) is 4.79 Å². The van der Waals surface area contributed by atoms with Crippen LogP contribution in [0.4, 0.5) is 0 Å². The summed E-state index contributed by atoms with van der Waals surface area (Å²) < 4.78 is 0. The molecule has 0 unspecified atom stereocenters. The van der Waals surface area contributed by atoms with Crippen molar-refractivity contribution in [2.45, 2.75) is 26.7 Å². The van der Waals surface area contributed by atoms with Crippen molar-refractivity contribution >= 4 is 5.97 Å². The van der Waals surface area contributed by atoms with Crippen molar-refractivity contribution in [2.75, 3.05) is 0 Å². The number of hydrogen-bond acceptors (Lipinski definition) is 1. The predicted octanol–water partition coefficient (Wildman–Crippen LogP) is -0.728. The molecule has 0 atom stereocenters. The summed E-state index contributed by atoms with van der Waals surface area (Å²) in [5.74, 6) is -0.935. The minimum atomic E-state index is -0.935. The van der Waals surface area contributed by atoms with Gasteiger partial charge in [0.2, 0.25) is 0 Å². The van der Waals surface area contributed by atoms with E-state index in [4.69, 9.17) is 5.11 Å². The summed E-state index contributed by atoms with van der Waals surface area (Å²) in [6, 6.07) is 0. The molecule has 0 aromatic heterocycles. The molecule has 0 aliphatic rings. The molecule has 60 valence electrons. The number of rotatable bonds is 2. The number of carboxylic acid groups (broad SMARTS) is 1. The molecule has 11 heavy (non-hydrogen) atoms. The zero-order valence-corrected chi connectivity index (χ0v) is 10.8. The molecule has 2 nitrogen and oxygen atoms in total. The van der Waals surface area contributed by atoms with Gasteiger partial charge in [-0.3, -0.25) is 0 Å². The van der Waals surface area contributed by atoms with Gasteiger partial charge in [0.15, 0.2) is 0 Å². The van der Waals surface area contributed by atoms with Crippen LogP contribution in [-0.4, -0.2) is 11.1 Å². The Morgan fingerprint density at radius 2 is 1.82 bits per heavy atom. The molecule has 0 bridgehead atoms. The maximum absolute atomic E-state index is 9.60. The third-order valence-electron chi connectivity index (χ3n) is 0.719. The van der Waals surface area contributed by atoms with E-state index in [-0.39, 0.29) is 57.0 Å². The molecule has 3 heteroatoms. The van der Waals surface area contributed by atoms with Gasteiger partial charge in [-0.05, 0) is 6.92 Å². The van der Waals surface area contributed by atoms with Crippen LogP contribution in [0, 0.1) is 6.92 Å². The molecule has 0 heterocycles. The largest absolute Gasteiger partial charge is 1.00 e. The standard InChI is InChI=1S/C4H6O2.C4H9.K/c1-3(2)4(5)6;1-3-4-2;/h1H2,2H3,(H,5,6);1,3-4H2,2H3;/q;-1;+1. The fourth-order valence-corrected chi connectivity index (χ4v) is 0. The second-order valence-electron chi connectivity index (χ2n) is 1.94. The molecule has 0 amide bonds. The molecular weight excluding hydrogens is 167 g/mol. The van der Waals surface area contributed by atoms with Crippen LogP contribution in [0.5, 0.6) is 0 Å². The van der Waals surface area contributed by atoms with E-state index in [0.29, 0.717) is 0 Å². The first-order valence-corrected chi connectivity index (χ1v) is 3.24. The smallest absolute Gasteiger partial charge is 0.478 e. The van der Waals surface area contributed by atoms with Gasteiger partial charge in [-0.15, -0.1) is 0 Å². The maximum Gasteiger partial charge on any atom is 1.00 e. The number of carboxylic acids is 1. The van der Waals surface area contributed by atoms with E-state index in [2.05, 4.69) is 20.4 Å². The van der Waals surface area contributed by atoms with Crippen molar-refractivity contribution in [3.8, 4) is 0 Å². The Bertz CT molecular complexity index is 96.7. The number of unbranched alkanes of at least 4 members (excludes halogenated alkanes) is 1. The van der Waals surface area contributed by atoms with Crippen LogP contribution in [-0.2, 0) is 4.79 Å². The Morgan fingerprint density at radius 1 is 1.64 bits per heavy atom. The fraction of sp³-hybridized carbons (Fsp3) is 0.500. The fourth-order valence-electron chi connectivity index (χ4n) is 0. The van der Waals surface area contributed by atoms with Crippen molar-refractivity contribution in [3.63, 3.8) is 0 Å². The molecule has 0 saturated heterocycles. The SMILES string of the molecule is C=C(C)C(=O)O.[CH2-]CCC.[K+]. The van der Waals surface area contributed by atoms with Crippen molar-refractivity contribution in [3.05, 3.63) is 19.1 Å². The van der Waals surface area contributed by atoms with E-state index in [1.807, 2.05) is 0 Å². The first-order chi connectivity index (χ1) is 4.56. The first kappa shape index (κ1) is 17.8. The molecule has 1 N–H and O–H groups in total. The van der Waals surface area contributed by atoms with Crippen molar-refractivity contribution in [1.82, 2.24) is 0 Å². The van der Waals surface area contributed by atoms with Gasteiger partial charge in [0.25, 0.3) is 0 Å². The van der Waals surface area contributed by atoms with E-state index >= 15 is 0 Å². The summed E-state index contributed by atoms with van der Waals surface area (Å²) in [5.41, 5.74) is 0.176. The summed E-state index contributed by atoms with van der Waals surface area (Å²) in [7, 11) is 0. The van der Waals surface area contributed by atoms with E-state index in [1.165, 1.54) is 13.3 Å². The number of carbonyl (C=O) groups is 1. The topological polar surface area (TPSA) is 37.3 Å². The molecule has 0 saturated carbocycles. The summed E-state index contributed by atoms with van der Waals surface area (Å²) in [6.07, 6.45) is 2.28. The second kappa shape index (κ2) is 13.4. The van der Waals surface area contributed by atoms with E-state index < -0.39 is 5.97 Å². The zero-order chi connectivity index (χ0) is 8.57. The molecule has 0 rings (SSSR count). The third-order valence-corrected chi connectivity index (χ3v) is 0.719. The Hall–Kier alpha value is 0.846. The maximum atomic E-state index is 9.60. The van der Waals surface area contributed by atoms with E-state index in [0.717, 1.165) is 6.42 Å². The van der Waals surface area contributed by atoms with Crippen LogP contribution in [0.15, 0.2) is 12.2 Å². The molecule has 0 radical (unpaired) electrons. The molecule has 0 spiro atoms. The Morgan fingerprint density at radius 3 is 1.82 bits per heavy atom. The van der Waals surface area contributed by atoms with Crippen molar-refractivity contribution in [1.29, 1.82) is 0 Å². The van der Waals surface area contributed by atoms with Gasteiger partial charge < -0.3 is 12.0 Å². The third kappa shape index (κ3) is 24.8. The molecule has 0 aromatic rings. The van der Waals surface area contributed by atoms with Crippen molar-refractivity contribution < 1.29 is 61.3 Å². The molecular formula is C8H15KO2. The van der Waals surface area contributed by atoms with Gasteiger partial charge in [-0.2, -0.15) is 6.42 Å². The van der Waals surface area contributed by atoms with Gasteiger partial charge >= 0.3 is 57.4 Å². The molecule has 0 aromatic carbocycles. The zero-order valence-electron chi connectivity index (χ0n) is 7.68. The van der Waals surface area contributed by atoms with Gasteiger partial charge in [0, 0.05) is 5.57 Å². The van der Waals surface area contributed by atoms with E-state index in [1.54, 1.807) is 0 Å².